The smallest absolute Gasteiger partial charge is 0.257 e. The molecule has 22 heavy (non-hydrogen) atoms. The SMILES string of the molecule is Cc1nc(NNC(O)OC(C)(C)C)nnc1-c1ccccn1. The molecule has 3 N–H and O–H groups in total. The molecule has 0 saturated heterocycles. The first-order chi connectivity index (χ1) is 10.3. The molecule has 0 fully saturated rings. The second-order valence-electron chi connectivity index (χ2n) is 5.64. The van der Waals surface area contributed by atoms with Crippen LogP contribution in [0.2, 0.25) is 0 Å². The van der Waals surface area contributed by atoms with Gasteiger partial charge in [0.2, 0.25) is 6.41 Å². The summed E-state index contributed by atoms with van der Waals surface area (Å²) in [7, 11) is 0. The van der Waals surface area contributed by atoms with Gasteiger partial charge in [-0.1, -0.05) is 6.07 Å². The highest BCUT2D eigenvalue weighted by Gasteiger charge is 2.16. The highest BCUT2D eigenvalue weighted by atomic mass is 16.6. The van der Waals surface area contributed by atoms with Gasteiger partial charge in [-0.15, -0.1) is 10.2 Å². The minimum absolute atomic E-state index is 0.230. The maximum Gasteiger partial charge on any atom is 0.257 e. The van der Waals surface area contributed by atoms with E-state index in [2.05, 4.69) is 31.0 Å². The third-order valence-electron chi connectivity index (χ3n) is 2.54. The van der Waals surface area contributed by atoms with Gasteiger partial charge in [-0.05, 0) is 39.8 Å². The van der Waals surface area contributed by atoms with Gasteiger partial charge in [0.25, 0.3) is 5.95 Å². The number of aliphatic hydroxyl groups is 1. The van der Waals surface area contributed by atoms with Crippen LogP contribution in [0.25, 0.3) is 11.4 Å². The summed E-state index contributed by atoms with van der Waals surface area (Å²) in [6.45, 7) is 7.32. The van der Waals surface area contributed by atoms with E-state index < -0.39 is 12.0 Å². The van der Waals surface area contributed by atoms with Crippen LogP contribution in [0.3, 0.4) is 0 Å². The molecule has 8 heteroatoms. The van der Waals surface area contributed by atoms with Gasteiger partial charge in [-0.3, -0.25) is 10.4 Å². The third kappa shape index (κ3) is 4.69. The predicted molar refractivity (Wildman–Crippen MR) is 81.4 cm³/mol. The lowest BCUT2D eigenvalue weighted by Crippen LogP contribution is -2.41. The molecule has 0 aliphatic carbocycles. The topological polar surface area (TPSA) is 105 Å². The van der Waals surface area contributed by atoms with Crippen LogP contribution in [0.5, 0.6) is 0 Å². The monoisotopic (exact) mass is 304 g/mol. The number of rotatable bonds is 5. The number of aryl methyl sites for hydroxylation is 1. The second-order valence-corrected chi connectivity index (χ2v) is 5.64. The molecule has 2 rings (SSSR count). The normalized spacial score (nSPS) is 13.0. The fraction of sp³-hybridized carbons (Fsp3) is 0.429. The van der Waals surface area contributed by atoms with Crippen molar-refractivity contribution in [2.75, 3.05) is 5.43 Å². The average molecular weight is 304 g/mol. The number of hydrazine groups is 1. The summed E-state index contributed by atoms with van der Waals surface area (Å²) >= 11 is 0. The van der Waals surface area contributed by atoms with Crippen LogP contribution in [0.15, 0.2) is 24.4 Å². The van der Waals surface area contributed by atoms with E-state index in [1.165, 1.54) is 0 Å². The van der Waals surface area contributed by atoms with Crippen molar-refractivity contribution >= 4 is 5.95 Å². The van der Waals surface area contributed by atoms with Crippen LogP contribution in [0.4, 0.5) is 5.95 Å². The van der Waals surface area contributed by atoms with Crippen LogP contribution in [-0.2, 0) is 4.74 Å². The Morgan fingerprint density at radius 3 is 2.59 bits per heavy atom. The standard InChI is InChI=1S/C14H20N6O2/c1-9-11(10-7-5-6-8-15-10)17-18-12(16-9)19-20-13(21)22-14(2,3)4/h5-8,13,20-21H,1-4H3,(H,16,18,19). The van der Waals surface area contributed by atoms with Crippen molar-refractivity contribution in [1.82, 2.24) is 25.6 Å². The molecular weight excluding hydrogens is 284 g/mol. The summed E-state index contributed by atoms with van der Waals surface area (Å²) in [5.41, 5.74) is 6.70. The van der Waals surface area contributed by atoms with Gasteiger partial charge in [0, 0.05) is 6.20 Å². The third-order valence-corrected chi connectivity index (χ3v) is 2.54. The number of hydrogen-bond donors (Lipinski definition) is 3. The Labute approximate surface area is 129 Å². The molecule has 0 spiro atoms. The number of ether oxygens (including phenoxy) is 1. The van der Waals surface area contributed by atoms with Crippen molar-refractivity contribution in [2.45, 2.75) is 39.7 Å². The van der Waals surface area contributed by atoms with Crippen LogP contribution >= 0.6 is 0 Å². The number of nitrogens with one attached hydrogen (secondary N) is 2. The summed E-state index contributed by atoms with van der Waals surface area (Å²) in [6, 6.07) is 5.54. The first-order valence-electron chi connectivity index (χ1n) is 6.85. The van der Waals surface area contributed by atoms with Gasteiger partial charge in [0.05, 0.1) is 17.0 Å². The molecule has 0 aliphatic heterocycles. The number of pyridine rings is 1. The van der Waals surface area contributed by atoms with Crippen molar-refractivity contribution in [1.29, 1.82) is 0 Å². The number of aromatic nitrogens is 4. The summed E-state index contributed by atoms with van der Waals surface area (Å²) < 4.78 is 5.28. The molecule has 118 valence electrons. The van der Waals surface area contributed by atoms with E-state index in [1.807, 2.05) is 45.9 Å². The van der Waals surface area contributed by atoms with Gasteiger partial charge >= 0.3 is 0 Å². The Morgan fingerprint density at radius 1 is 1.23 bits per heavy atom. The quantitative estimate of drug-likeness (QED) is 0.560. The minimum Gasteiger partial charge on any atom is -0.355 e. The molecule has 0 aromatic carbocycles. The van der Waals surface area contributed by atoms with Gasteiger partial charge in [-0.25, -0.2) is 4.98 Å². The molecule has 2 aromatic rings. The second kappa shape index (κ2) is 6.73. The number of hydrogen-bond acceptors (Lipinski definition) is 8. The van der Waals surface area contributed by atoms with Gasteiger partial charge in [0.15, 0.2) is 0 Å². The van der Waals surface area contributed by atoms with E-state index in [0.29, 0.717) is 17.1 Å². The summed E-state index contributed by atoms with van der Waals surface area (Å²) in [5, 5.41) is 17.7. The van der Waals surface area contributed by atoms with Crippen molar-refractivity contribution in [3.05, 3.63) is 30.1 Å². The Bertz CT molecular complexity index is 614. The highest BCUT2D eigenvalue weighted by molar-refractivity contribution is 5.56. The van der Waals surface area contributed by atoms with Crippen molar-refractivity contribution in [3.63, 3.8) is 0 Å². The van der Waals surface area contributed by atoms with E-state index in [-0.39, 0.29) is 5.95 Å². The molecular formula is C14H20N6O2. The van der Waals surface area contributed by atoms with Crippen LogP contribution in [-0.4, -0.2) is 37.3 Å². The first kappa shape index (κ1) is 16.2. The van der Waals surface area contributed by atoms with Crippen LogP contribution < -0.4 is 10.9 Å². The number of anilines is 1. The lowest BCUT2D eigenvalue weighted by Gasteiger charge is -2.24. The van der Waals surface area contributed by atoms with Gasteiger partial charge in [0.1, 0.15) is 5.69 Å². The molecule has 8 nitrogen and oxygen atoms in total. The maximum atomic E-state index is 9.67. The minimum atomic E-state index is -1.20. The molecule has 2 heterocycles. The summed E-state index contributed by atoms with van der Waals surface area (Å²) in [4.78, 5) is 8.48. The fourth-order valence-corrected chi connectivity index (χ4v) is 1.69. The number of aliphatic hydroxyl groups excluding tert-OH is 1. The maximum absolute atomic E-state index is 9.67. The zero-order valence-corrected chi connectivity index (χ0v) is 13.0. The van der Waals surface area contributed by atoms with E-state index >= 15 is 0 Å². The first-order valence-corrected chi connectivity index (χ1v) is 6.85. The van der Waals surface area contributed by atoms with Crippen molar-refractivity contribution < 1.29 is 9.84 Å². The van der Waals surface area contributed by atoms with E-state index in [9.17, 15) is 5.11 Å². The van der Waals surface area contributed by atoms with Crippen LogP contribution in [0.1, 0.15) is 26.5 Å². The molecule has 1 unspecified atom stereocenters. The van der Waals surface area contributed by atoms with Gasteiger partial charge in [-0.2, -0.15) is 5.43 Å². The Kier molecular flexibility index (Phi) is 4.96. The van der Waals surface area contributed by atoms with E-state index in [4.69, 9.17) is 4.74 Å². The molecule has 0 saturated carbocycles. The zero-order chi connectivity index (χ0) is 16.2. The molecule has 0 amide bonds. The Balaban J connectivity index is 2.01. The van der Waals surface area contributed by atoms with E-state index in [0.717, 1.165) is 0 Å². The Morgan fingerprint density at radius 2 is 2.00 bits per heavy atom. The predicted octanol–water partition coefficient (Wildman–Crippen LogP) is 1.25. The molecule has 0 aliphatic rings. The summed E-state index contributed by atoms with van der Waals surface area (Å²) in [6.07, 6.45) is 0.490. The molecule has 1 atom stereocenters. The molecule has 2 aromatic heterocycles. The van der Waals surface area contributed by atoms with Crippen LogP contribution in [0, 0.1) is 6.92 Å². The summed E-state index contributed by atoms with van der Waals surface area (Å²) in [5.74, 6) is 0.230. The zero-order valence-electron chi connectivity index (χ0n) is 13.0. The fourth-order valence-electron chi connectivity index (χ4n) is 1.69. The number of nitrogens with zero attached hydrogens (tertiary/aromatic N) is 4. The van der Waals surface area contributed by atoms with Crippen molar-refractivity contribution in [2.24, 2.45) is 0 Å². The largest absolute Gasteiger partial charge is 0.355 e. The lowest BCUT2D eigenvalue weighted by molar-refractivity contribution is -0.178. The highest BCUT2D eigenvalue weighted by Crippen LogP contribution is 2.16. The molecule has 0 radical (unpaired) electrons. The average Bonchev–Trinajstić information content (AvgIpc) is 2.44. The molecule has 0 bridgehead atoms. The van der Waals surface area contributed by atoms with Gasteiger partial charge < -0.3 is 9.84 Å². The Hall–Kier alpha value is -2.16. The van der Waals surface area contributed by atoms with Crippen molar-refractivity contribution in [3.8, 4) is 11.4 Å². The lowest BCUT2D eigenvalue weighted by atomic mass is 10.2. The van der Waals surface area contributed by atoms with E-state index in [1.54, 1.807) is 6.20 Å².